The monoisotopic (exact) mass is 901 g/mol. The second-order valence-corrected chi connectivity index (χ2v) is 17.1. The number of carbonyl (C=O) groups is 3. The second-order valence-electron chi connectivity index (χ2n) is 17.1. The molecule has 0 heterocycles. The topological polar surface area (TPSA) is 78.9 Å². The van der Waals surface area contributed by atoms with Crippen LogP contribution in [0.4, 0.5) is 0 Å². The molecule has 0 fully saturated rings. The van der Waals surface area contributed by atoms with Crippen molar-refractivity contribution in [3.05, 3.63) is 109 Å². The van der Waals surface area contributed by atoms with Crippen LogP contribution in [0.5, 0.6) is 0 Å². The van der Waals surface area contributed by atoms with E-state index < -0.39 is 6.10 Å². The van der Waals surface area contributed by atoms with Crippen molar-refractivity contribution in [3.8, 4) is 0 Å². The molecule has 0 aromatic heterocycles. The lowest BCUT2D eigenvalue weighted by molar-refractivity contribution is -0.167. The van der Waals surface area contributed by atoms with Gasteiger partial charge in [0.25, 0.3) is 0 Å². The zero-order valence-electron chi connectivity index (χ0n) is 42.0. The largest absolute Gasteiger partial charge is 0.462 e. The van der Waals surface area contributed by atoms with Gasteiger partial charge in [-0.3, -0.25) is 14.4 Å². The predicted molar refractivity (Wildman–Crippen MR) is 279 cm³/mol. The number of allylic oxidation sites excluding steroid dienone is 18. The molecule has 368 valence electrons. The molecule has 0 aliphatic rings. The summed E-state index contributed by atoms with van der Waals surface area (Å²) in [5.41, 5.74) is 0. The normalized spacial score (nSPS) is 13.0. The summed E-state index contributed by atoms with van der Waals surface area (Å²) in [6.07, 6.45) is 70.7. The summed E-state index contributed by atoms with van der Waals surface area (Å²) in [6, 6.07) is 0. The molecule has 0 aromatic rings. The number of hydrogen-bond donors (Lipinski definition) is 0. The van der Waals surface area contributed by atoms with E-state index in [2.05, 4.69) is 130 Å². The Kier molecular flexibility index (Phi) is 49.5. The fraction of sp³-hybridized carbons (Fsp3) is 0.644. The maximum atomic E-state index is 12.8. The molecule has 0 bridgehead atoms. The smallest absolute Gasteiger partial charge is 0.306 e. The summed E-state index contributed by atoms with van der Waals surface area (Å²) in [4.78, 5) is 38.0. The van der Waals surface area contributed by atoms with E-state index in [1.165, 1.54) is 70.6 Å². The Hall–Kier alpha value is -3.93. The Morgan fingerprint density at radius 1 is 0.338 bits per heavy atom. The number of esters is 3. The minimum atomic E-state index is -0.812. The molecule has 0 aromatic carbocycles. The van der Waals surface area contributed by atoms with Crippen molar-refractivity contribution in [2.75, 3.05) is 13.2 Å². The van der Waals surface area contributed by atoms with Crippen LogP contribution >= 0.6 is 0 Å². The van der Waals surface area contributed by atoms with E-state index in [1.807, 2.05) is 0 Å². The summed E-state index contributed by atoms with van der Waals surface area (Å²) >= 11 is 0. The van der Waals surface area contributed by atoms with Gasteiger partial charge in [0, 0.05) is 19.3 Å². The number of rotatable bonds is 46. The Morgan fingerprint density at radius 3 is 1.14 bits per heavy atom. The van der Waals surface area contributed by atoms with E-state index in [9.17, 15) is 14.4 Å². The van der Waals surface area contributed by atoms with Crippen molar-refractivity contribution in [2.24, 2.45) is 0 Å². The molecule has 0 rings (SSSR count). The van der Waals surface area contributed by atoms with Crippen LogP contribution < -0.4 is 0 Å². The molecule has 1 atom stereocenters. The predicted octanol–water partition coefficient (Wildman–Crippen LogP) is 17.5. The van der Waals surface area contributed by atoms with Crippen molar-refractivity contribution in [1.29, 1.82) is 0 Å². The van der Waals surface area contributed by atoms with Crippen LogP contribution in [0.25, 0.3) is 0 Å². The molecule has 6 nitrogen and oxygen atoms in total. The minimum absolute atomic E-state index is 0.107. The summed E-state index contributed by atoms with van der Waals surface area (Å²) in [7, 11) is 0. The third-order valence-electron chi connectivity index (χ3n) is 10.8. The van der Waals surface area contributed by atoms with E-state index in [0.29, 0.717) is 12.8 Å². The van der Waals surface area contributed by atoms with Gasteiger partial charge in [-0.1, -0.05) is 214 Å². The van der Waals surface area contributed by atoms with Gasteiger partial charge in [0.2, 0.25) is 0 Å². The number of hydrogen-bond acceptors (Lipinski definition) is 6. The first-order valence-corrected chi connectivity index (χ1v) is 26.4. The van der Waals surface area contributed by atoms with Crippen LogP contribution in [0.15, 0.2) is 109 Å². The Morgan fingerprint density at radius 2 is 0.677 bits per heavy atom. The number of unbranched alkanes of at least 4 members (excludes halogenated alkanes) is 20. The highest BCUT2D eigenvalue weighted by Crippen LogP contribution is 2.13. The fourth-order valence-corrected chi connectivity index (χ4v) is 6.89. The van der Waals surface area contributed by atoms with Crippen LogP contribution in [0.2, 0.25) is 0 Å². The summed E-state index contributed by atoms with van der Waals surface area (Å²) in [6.45, 7) is 6.32. The molecular weight excluding hydrogens is 805 g/mol. The molecule has 0 radical (unpaired) electrons. The Balaban J connectivity index is 4.52. The number of carbonyl (C=O) groups excluding carboxylic acids is 3. The molecule has 65 heavy (non-hydrogen) atoms. The first kappa shape index (κ1) is 61.1. The molecular formula is C59H96O6. The van der Waals surface area contributed by atoms with Gasteiger partial charge in [-0.05, 0) is 103 Å². The molecule has 0 amide bonds. The highest BCUT2D eigenvalue weighted by atomic mass is 16.6. The van der Waals surface area contributed by atoms with Gasteiger partial charge in [0.15, 0.2) is 6.10 Å². The lowest BCUT2D eigenvalue weighted by atomic mass is 10.1. The zero-order valence-corrected chi connectivity index (χ0v) is 42.0. The molecule has 0 saturated carbocycles. The van der Waals surface area contributed by atoms with Gasteiger partial charge >= 0.3 is 17.9 Å². The van der Waals surface area contributed by atoms with Gasteiger partial charge in [-0.25, -0.2) is 0 Å². The summed E-state index contributed by atoms with van der Waals surface area (Å²) < 4.78 is 16.8. The Labute approximate surface area is 400 Å². The van der Waals surface area contributed by atoms with Gasteiger partial charge < -0.3 is 14.2 Å². The van der Waals surface area contributed by atoms with E-state index in [1.54, 1.807) is 0 Å². The van der Waals surface area contributed by atoms with Crippen LogP contribution in [-0.4, -0.2) is 37.2 Å². The van der Waals surface area contributed by atoms with Crippen LogP contribution in [-0.2, 0) is 28.6 Å². The van der Waals surface area contributed by atoms with Crippen LogP contribution in [0.1, 0.15) is 226 Å². The van der Waals surface area contributed by atoms with Crippen molar-refractivity contribution >= 4 is 17.9 Å². The average molecular weight is 901 g/mol. The first-order chi connectivity index (χ1) is 32.0. The third kappa shape index (κ3) is 50.9. The highest BCUT2D eigenvalue weighted by Gasteiger charge is 2.19. The van der Waals surface area contributed by atoms with Crippen LogP contribution in [0, 0.1) is 0 Å². The lowest BCUT2D eigenvalue weighted by Gasteiger charge is -2.18. The van der Waals surface area contributed by atoms with E-state index in [4.69, 9.17) is 14.2 Å². The SMILES string of the molecule is CC\C=C/C=C\C=C/CCCCCCCCCC(=O)OCC(COC(=O)CCCCC/C=C\C/C=C\C/C=C\C/C=C\CC)OC(=O)CCCCC/C=C\C=C/CCCCCCCCC. The maximum absolute atomic E-state index is 12.8. The second kappa shape index (κ2) is 52.7. The Bertz CT molecular complexity index is 1360. The summed E-state index contributed by atoms with van der Waals surface area (Å²) in [5, 5.41) is 0. The minimum Gasteiger partial charge on any atom is -0.462 e. The lowest BCUT2D eigenvalue weighted by Crippen LogP contribution is -2.30. The van der Waals surface area contributed by atoms with Crippen LogP contribution in [0.3, 0.4) is 0 Å². The van der Waals surface area contributed by atoms with Gasteiger partial charge in [0.05, 0.1) is 0 Å². The molecule has 1 unspecified atom stereocenters. The van der Waals surface area contributed by atoms with E-state index >= 15 is 0 Å². The van der Waals surface area contributed by atoms with E-state index in [-0.39, 0.29) is 37.5 Å². The van der Waals surface area contributed by atoms with Crippen molar-refractivity contribution in [1.82, 2.24) is 0 Å². The zero-order chi connectivity index (χ0) is 47.2. The third-order valence-corrected chi connectivity index (χ3v) is 10.8. The molecule has 0 N–H and O–H groups in total. The first-order valence-electron chi connectivity index (χ1n) is 26.4. The van der Waals surface area contributed by atoms with E-state index in [0.717, 1.165) is 116 Å². The van der Waals surface area contributed by atoms with Gasteiger partial charge in [-0.15, -0.1) is 0 Å². The fourth-order valence-electron chi connectivity index (χ4n) is 6.89. The molecule has 0 aliphatic heterocycles. The molecule has 6 heteroatoms. The maximum Gasteiger partial charge on any atom is 0.306 e. The highest BCUT2D eigenvalue weighted by molar-refractivity contribution is 5.71. The molecule has 0 aliphatic carbocycles. The average Bonchev–Trinajstić information content (AvgIpc) is 3.30. The van der Waals surface area contributed by atoms with Crippen molar-refractivity contribution in [3.63, 3.8) is 0 Å². The molecule has 0 saturated heterocycles. The molecule has 0 spiro atoms. The summed E-state index contributed by atoms with van der Waals surface area (Å²) in [5.74, 6) is -0.981. The van der Waals surface area contributed by atoms with Gasteiger partial charge in [-0.2, -0.15) is 0 Å². The van der Waals surface area contributed by atoms with Crippen molar-refractivity contribution < 1.29 is 28.6 Å². The van der Waals surface area contributed by atoms with Gasteiger partial charge in [0.1, 0.15) is 13.2 Å². The van der Waals surface area contributed by atoms with Crippen molar-refractivity contribution in [2.45, 2.75) is 232 Å². The quantitative estimate of drug-likeness (QED) is 0.0199. The standard InChI is InChI=1S/C59H96O6/c1-4-7-10-13-16-19-22-25-28-31-34-37-40-43-46-49-52-58(61)64-55-56(54-63-57(60)51-48-45-42-39-36-33-30-27-24-21-18-15-12-9-6-3)65-59(62)53-50-47-44-41-38-35-32-29-26-23-20-17-14-11-8-5-2/h7,9-10,12,15-16,18-19,21,24-25,28-29,32,34-35,37-38,56H,4-6,8,11,13-14,17,20,22-23,26-27,30-31,33,36,39-55H2,1-3H3/b10-7-,12-9-,18-15-,19-16-,24-21-,28-25-,32-29-,37-34-,38-35-. The number of ether oxygens (including phenoxy) is 3.